The van der Waals surface area contributed by atoms with Crippen LogP contribution in [-0.4, -0.2) is 10.5 Å². The number of carbonyl (C=O) groups is 1. The minimum Gasteiger partial charge on any atom is -0.456 e. The summed E-state index contributed by atoms with van der Waals surface area (Å²) in [5.41, 5.74) is 7.16. The molecule has 19 heavy (non-hydrogen) atoms. The lowest BCUT2D eigenvalue weighted by Crippen LogP contribution is -2.11. The van der Waals surface area contributed by atoms with E-state index in [-0.39, 0.29) is 12.4 Å². The maximum atomic E-state index is 13.0. The number of nitrogen functional groups attached to an aromatic ring is 1. The summed E-state index contributed by atoms with van der Waals surface area (Å²) in [6.45, 7) is 2.57. The summed E-state index contributed by atoms with van der Waals surface area (Å²) in [7, 11) is 0. The third-order valence-corrected chi connectivity index (χ3v) is 2.73. The largest absolute Gasteiger partial charge is 0.456 e. The molecule has 0 saturated carbocycles. The second kappa shape index (κ2) is 5.56. The predicted molar refractivity (Wildman–Crippen MR) is 70.0 cm³/mol. The number of aromatic nitrogens is 1. The van der Waals surface area contributed by atoms with Gasteiger partial charge in [0.05, 0.1) is 5.69 Å². The van der Waals surface area contributed by atoms with Gasteiger partial charge in [-0.05, 0) is 30.7 Å². The van der Waals surface area contributed by atoms with Crippen molar-refractivity contribution in [2.24, 2.45) is 0 Å². The third-order valence-electron chi connectivity index (χ3n) is 2.73. The molecule has 0 aliphatic heterocycles. The number of carbonyl (C=O) groups excluding carboxylic acids is 1. The molecule has 0 atom stereocenters. The summed E-state index contributed by atoms with van der Waals surface area (Å²) in [6, 6.07) is 7.51. The summed E-state index contributed by atoms with van der Waals surface area (Å²) < 4.78 is 19.8. The summed E-state index contributed by atoms with van der Waals surface area (Å²) in [5, 5.41) is 0. The van der Waals surface area contributed by atoms with Crippen LogP contribution in [-0.2, 0) is 17.9 Å². The Hall–Kier alpha value is -2.30. The Morgan fingerprint density at radius 3 is 2.89 bits per heavy atom. The molecule has 5 heteroatoms. The Kier molecular flexibility index (Phi) is 3.85. The van der Waals surface area contributed by atoms with Crippen LogP contribution in [0.15, 0.2) is 36.5 Å². The standard InChI is InChI=1S/C14H15FN2O2/c1-2-17-8-12(16)7-13(17)14(18)19-9-10-4-3-5-11(15)6-10/h3-8H,2,9,16H2,1H3. The van der Waals surface area contributed by atoms with Crippen LogP contribution < -0.4 is 5.73 Å². The molecule has 4 nitrogen and oxygen atoms in total. The number of benzene rings is 1. The number of ether oxygens (including phenoxy) is 1. The molecule has 2 rings (SSSR count). The molecule has 0 saturated heterocycles. The van der Waals surface area contributed by atoms with Crippen molar-refractivity contribution in [3.8, 4) is 0 Å². The smallest absolute Gasteiger partial charge is 0.355 e. The monoisotopic (exact) mass is 262 g/mol. The predicted octanol–water partition coefficient (Wildman–Crippen LogP) is 2.59. The van der Waals surface area contributed by atoms with Crippen LogP contribution in [0.5, 0.6) is 0 Å². The van der Waals surface area contributed by atoms with Crippen molar-refractivity contribution in [2.45, 2.75) is 20.1 Å². The second-order valence-electron chi connectivity index (χ2n) is 4.15. The van der Waals surface area contributed by atoms with Gasteiger partial charge in [-0.2, -0.15) is 0 Å². The lowest BCUT2D eigenvalue weighted by Gasteiger charge is -2.07. The normalized spacial score (nSPS) is 10.4. The van der Waals surface area contributed by atoms with E-state index < -0.39 is 5.97 Å². The average Bonchev–Trinajstić information content (AvgIpc) is 2.77. The molecule has 0 aliphatic rings. The Balaban J connectivity index is 2.05. The lowest BCUT2D eigenvalue weighted by molar-refractivity contribution is 0.0460. The number of hydrogen-bond donors (Lipinski definition) is 1. The van der Waals surface area contributed by atoms with Gasteiger partial charge in [0, 0.05) is 12.7 Å². The lowest BCUT2D eigenvalue weighted by atomic mass is 10.2. The van der Waals surface area contributed by atoms with Crippen LogP contribution in [0.1, 0.15) is 23.0 Å². The molecule has 0 unspecified atom stereocenters. The number of rotatable bonds is 4. The molecule has 0 aliphatic carbocycles. The first kappa shape index (κ1) is 13.1. The van der Waals surface area contributed by atoms with Crippen molar-refractivity contribution in [1.29, 1.82) is 0 Å². The highest BCUT2D eigenvalue weighted by atomic mass is 19.1. The molecule has 2 aromatic rings. The van der Waals surface area contributed by atoms with Crippen molar-refractivity contribution in [3.63, 3.8) is 0 Å². The Labute approximate surface area is 110 Å². The van der Waals surface area contributed by atoms with Gasteiger partial charge in [-0.25, -0.2) is 9.18 Å². The molecular formula is C14H15FN2O2. The minimum atomic E-state index is -0.470. The van der Waals surface area contributed by atoms with Crippen molar-refractivity contribution in [3.05, 3.63) is 53.6 Å². The number of nitrogens with zero attached hydrogens (tertiary/aromatic N) is 1. The van der Waals surface area contributed by atoms with Gasteiger partial charge in [0.1, 0.15) is 18.1 Å². The van der Waals surface area contributed by atoms with E-state index in [9.17, 15) is 9.18 Å². The SMILES string of the molecule is CCn1cc(N)cc1C(=O)OCc1cccc(F)c1. The van der Waals surface area contributed by atoms with Gasteiger partial charge in [0.15, 0.2) is 0 Å². The molecule has 1 aromatic carbocycles. The van der Waals surface area contributed by atoms with Crippen LogP contribution >= 0.6 is 0 Å². The molecule has 100 valence electrons. The van der Waals surface area contributed by atoms with Crippen molar-refractivity contribution >= 4 is 11.7 Å². The highest BCUT2D eigenvalue weighted by Gasteiger charge is 2.13. The molecule has 0 spiro atoms. The van der Waals surface area contributed by atoms with Crippen LogP contribution in [0.2, 0.25) is 0 Å². The Morgan fingerprint density at radius 2 is 2.21 bits per heavy atom. The highest BCUT2D eigenvalue weighted by molar-refractivity contribution is 5.89. The van der Waals surface area contributed by atoms with E-state index in [1.807, 2.05) is 6.92 Å². The highest BCUT2D eigenvalue weighted by Crippen LogP contribution is 2.13. The van der Waals surface area contributed by atoms with E-state index in [2.05, 4.69) is 0 Å². The molecule has 0 fully saturated rings. The van der Waals surface area contributed by atoms with Crippen molar-refractivity contribution < 1.29 is 13.9 Å². The van der Waals surface area contributed by atoms with Gasteiger partial charge in [-0.1, -0.05) is 12.1 Å². The van der Waals surface area contributed by atoms with E-state index in [1.165, 1.54) is 12.1 Å². The fourth-order valence-electron chi connectivity index (χ4n) is 1.81. The topological polar surface area (TPSA) is 57.2 Å². The zero-order chi connectivity index (χ0) is 13.8. The quantitative estimate of drug-likeness (QED) is 0.861. The van der Waals surface area contributed by atoms with E-state index >= 15 is 0 Å². The molecule has 0 amide bonds. The number of nitrogens with two attached hydrogens (primary N) is 1. The van der Waals surface area contributed by atoms with E-state index in [1.54, 1.807) is 29.0 Å². The molecular weight excluding hydrogens is 247 g/mol. The van der Waals surface area contributed by atoms with Crippen LogP contribution in [0.25, 0.3) is 0 Å². The minimum absolute atomic E-state index is 0.0331. The molecule has 1 aromatic heterocycles. The van der Waals surface area contributed by atoms with Crippen LogP contribution in [0.4, 0.5) is 10.1 Å². The Morgan fingerprint density at radius 1 is 1.42 bits per heavy atom. The number of hydrogen-bond acceptors (Lipinski definition) is 3. The van der Waals surface area contributed by atoms with Gasteiger partial charge in [-0.3, -0.25) is 0 Å². The molecule has 0 radical (unpaired) electrons. The summed E-state index contributed by atoms with van der Waals surface area (Å²) >= 11 is 0. The van der Waals surface area contributed by atoms with Crippen LogP contribution in [0.3, 0.4) is 0 Å². The van der Waals surface area contributed by atoms with Gasteiger partial charge in [0.25, 0.3) is 0 Å². The summed E-state index contributed by atoms with van der Waals surface area (Å²) in [5.74, 6) is -0.822. The number of halogens is 1. The fourth-order valence-corrected chi connectivity index (χ4v) is 1.81. The number of aryl methyl sites for hydroxylation is 1. The van der Waals surface area contributed by atoms with Crippen molar-refractivity contribution in [1.82, 2.24) is 4.57 Å². The summed E-state index contributed by atoms with van der Waals surface area (Å²) in [4.78, 5) is 11.9. The zero-order valence-corrected chi connectivity index (χ0v) is 10.6. The first-order valence-corrected chi connectivity index (χ1v) is 5.97. The van der Waals surface area contributed by atoms with Gasteiger partial charge in [0.2, 0.25) is 0 Å². The van der Waals surface area contributed by atoms with E-state index in [4.69, 9.17) is 10.5 Å². The van der Waals surface area contributed by atoms with Crippen molar-refractivity contribution in [2.75, 3.05) is 5.73 Å². The average molecular weight is 262 g/mol. The van der Waals surface area contributed by atoms with E-state index in [0.29, 0.717) is 23.5 Å². The molecule has 0 bridgehead atoms. The van der Waals surface area contributed by atoms with Gasteiger partial charge < -0.3 is 15.0 Å². The summed E-state index contributed by atoms with van der Waals surface area (Å²) in [6.07, 6.45) is 1.68. The second-order valence-corrected chi connectivity index (χ2v) is 4.15. The Bertz CT molecular complexity index is 593. The van der Waals surface area contributed by atoms with Gasteiger partial charge in [-0.15, -0.1) is 0 Å². The maximum Gasteiger partial charge on any atom is 0.355 e. The number of anilines is 1. The first-order chi connectivity index (χ1) is 9.10. The fraction of sp³-hybridized carbons (Fsp3) is 0.214. The maximum absolute atomic E-state index is 13.0. The third kappa shape index (κ3) is 3.13. The van der Waals surface area contributed by atoms with E-state index in [0.717, 1.165) is 0 Å². The molecule has 2 N–H and O–H groups in total. The molecule has 1 heterocycles. The number of esters is 1. The zero-order valence-electron chi connectivity index (χ0n) is 10.6. The van der Waals surface area contributed by atoms with Crippen LogP contribution in [0, 0.1) is 5.82 Å². The van der Waals surface area contributed by atoms with Gasteiger partial charge >= 0.3 is 5.97 Å². The first-order valence-electron chi connectivity index (χ1n) is 5.97.